The van der Waals surface area contributed by atoms with Crippen molar-refractivity contribution < 1.29 is 32.6 Å². The number of rotatable bonds is 5. The van der Waals surface area contributed by atoms with E-state index in [0.29, 0.717) is 6.07 Å². The topological polar surface area (TPSA) is 75.6 Å². The summed E-state index contributed by atoms with van der Waals surface area (Å²) in [6.07, 6.45) is -4.59. The van der Waals surface area contributed by atoms with Crippen molar-refractivity contribution in [2.24, 2.45) is 0 Å². The summed E-state index contributed by atoms with van der Waals surface area (Å²) < 4.78 is 42.0. The molecule has 5 nitrogen and oxygen atoms in total. The van der Waals surface area contributed by atoms with Crippen molar-refractivity contribution in [1.29, 1.82) is 0 Å². The molecular weight excluding hydrogens is 303 g/mol. The van der Waals surface area contributed by atoms with E-state index in [1.165, 1.54) is 0 Å². The zero-order valence-electron chi connectivity index (χ0n) is 9.83. The Balaban J connectivity index is 2.70. The van der Waals surface area contributed by atoms with Crippen LogP contribution in [0.15, 0.2) is 18.2 Å². The third-order valence-corrected chi connectivity index (χ3v) is 2.19. The van der Waals surface area contributed by atoms with Gasteiger partial charge in [0.2, 0.25) is 5.91 Å². The smallest absolute Gasteiger partial charge is 0.416 e. The number of hydrogen-bond acceptors (Lipinski definition) is 3. The lowest BCUT2D eigenvalue weighted by molar-refractivity contribution is -0.143. The molecule has 0 radical (unpaired) electrons. The number of amides is 1. The van der Waals surface area contributed by atoms with Crippen LogP contribution in [0.4, 0.5) is 18.9 Å². The van der Waals surface area contributed by atoms with E-state index in [1.54, 1.807) is 0 Å². The first-order valence-corrected chi connectivity index (χ1v) is 5.53. The van der Waals surface area contributed by atoms with E-state index < -0.39 is 36.8 Å². The molecule has 0 aliphatic heterocycles. The molecular formula is C11H9ClF3NO4. The average molecular weight is 312 g/mol. The Hall–Kier alpha value is -1.80. The first-order chi connectivity index (χ1) is 9.18. The number of carboxylic acid groups (broad SMARTS) is 1. The summed E-state index contributed by atoms with van der Waals surface area (Å²) in [6, 6.07) is 2.56. The third kappa shape index (κ3) is 5.45. The maximum atomic E-state index is 12.5. The number of carbonyl (C=O) groups is 2. The minimum Gasteiger partial charge on any atom is -0.480 e. The van der Waals surface area contributed by atoms with Gasteiger partial charge in [-0.3, -0.25) is 4.79 Å². The molecule has 0 aliphatic carbocycles. The van der Waals surface area contributed by atoms with Crippen LogP contribution >= 0.6 is 11.6 Å². The molecule has 1 rings (SSSR count). The number of carbonyl (C=O) groups excluding carboxylic acids is 1. The number of anilines is 1. The Morgan fingerprint density at radius 2 is 1.90 bits per heavy atom. The lowest BCUT2D eigenvalue weighted by atomic mass is 10.2. The van der Waals surface area contributed by atoms with E-state index in [4.69, 9.17) is 16.7 Å². The van der Waals surface area contributed by atoms with Gasteiger partial charge >= 0.3 is 12.1 Å². The van der Waals surface area contributed by atoms with Crippen molar-refractivity contribution >= 4 is 29.2 Å². The monoisotopic (exact) mass is 311 g/mol. The molecule has 0 aliphatic rings. The SMILES string of the molecule is O=C(O)COCC(=O)Nc1cc(Cl)cc(C(F)(F)F)c1. The number of carboxylic acids is 1. The van der Waals surface area contributed by atoms with Gasteiger partial charge in [0.25, 0.3) is 0 Å². The predicted molar refractivity (Wildman–Crippen MR) is 63.5 cm³/mol. The molecule has 0 fully saturated rings. The van der Waals surface area contributed by atoms with Crippen LogP contribution in [-0.2, 0) is 20.5 Å². The zero-order chi connectivity index (χ0) is 15.3. The maximum Gasteiger partial charge on any atom is 0.416 e. The second kappa shape index (κ2) is 6.58. The Kier molecular flexibility index (Phi) is 5.34. The molecule has 0 unspecified atom stereocenters. The molecule has 20 heavy (non-hydrogen) atoms. The van der Waals surface area contributed by atoms with Crippen molar-refractivity contribution in [2.45, 2.75) is 6.18 Å². The number of alkyl halides is 3. The van der Waals surface area contributed by atoms with Gasteiger partial charge in [-0.1, -0.05) is 11.6 Å². The first-order valence-electron chi connectivity index (χ1n) is 5.15. The minimum atomic E-state index is -4.59. The fourth-order valence-electron chi connectivity index (χ4n) is 1.25. The Labute approximate surface area is 116 Å². The van der Waals surface area contributed by atoms with Crippen LogP contribution in [0, 0.1) is 0 Å². The summed E-state index contributed by atoms with van der Waals surface area (Å²) >= 11 is 5.53. The van der Waals surface area contributed by atoms with Crippen LogP contribution in [-0.4, -0.2) is 30.2 Å². The normalized spacial score (nSPS) is 11.2. The molecule has 1 amide bonds. The molecule has 110 valence electrons. The minimum absolute atomic E-state index is 0.159. The van der Waals surface area contributed by atoms with Crippen LogP contribution in [0.25, 0.3) is 0 Å². The van der Waals surface area contributed by atoms with Gasteiger partial charge < -0.3 is 15.2 Å². The second-order valence-electron chi connectivity index (χ2n) is 3.66. The quantitative estimate of drug-likeness (QED) is 0.875. The summed E-state index contributed by atoms with van der Waals surface area (Å²) in [7, 11) is 0. The highest BCUT2D eigenvalue weighted by atomic mass is 35.5. The van der Waals surface area contributed by atoms with E-state index >= 15 is 0 Å². The van der Waals surface area contributed by atoms with E-state index in [0.717, 1.165) is 12.1 Å². The maximum absolute atomic E-state index is 12.5. The summed E-state index contributed by atoms with van der Waals surface area (Å²) in [4.78, 5) is 21.5. The van der Waals surface area contributed by atoms with Crippen molar-refractivity contribution in [3.05, 3.63) is 28.8 Å². The van der Waals surface area contributed by atoms with E-state index in [1.807, 2.05) is 0 Å². The van der Waals surface area contributed by atoms with Gasteiger partial charge in [0, 0.05) is 10.7 Å². The van der Waals surface area contributed by atoms with Gasteiger partial charge in [-0.25, -0.2) is 4.79 Å². The van der Waals surface area contributed by atoms with Crippen LogP contribution in [0.2, 0.25) is 5.02 Å². The van der Waals surface area contributed by atoms with Gasteiger partial charge in [-0.05, 0) is 18.2 Å². The fraction of sp³-hybridized carbons (Fsp3) is 0.273. The molecule has 0 heterocycles. The Bertz CT molecular complexity index is 519. The second-order valence-corrected chi connectivity index (χ2v) is 4.10. The van der Waals surface area contributed by atoms with Crippen molar-refractivity contribution in [3.8, 4) is 0 Å². The first kappa shape index (κ1) is 16.3. The van der Waals surface area contributed by atoms with Crippen LogP contribution in [0.3, 0.4) is 0 Å². The molecule has 0 atom stereocenters. The number of hydrogen-bond donors (Lipinski definition) is 2. The number of benzene rings is 1. The molecule has 0 aromatic heterocycles. The summed E-state index contributed by atoms with van der Waals surface area (Å²) in [5.41, 5.74) is -1.17. The third-order valence-electron chi connectivity index (χ3n) is 1.97. The molecule has 9 heteroatoms. The molecule has 0 bridgehead atoms. The largest absolute Gasteiger partial charge is 0.480 e. The number of aliphatic carboxylic acids is 1. The zero-order valence-corrected chi connectivity index (χ0v) is 10.6. The summed E-state index contributed by atoms with van der Waals surface area (Å²) in [5, 5.41) is 10.2. The van der Waals surface area contributed by atoms with E-state index in [9.17, 15) is 22.8 Å². The van der Waals surface area contributed by atoms with Crippen LogP contribution in [0.5, 0.6) is 0 Å². The van der Waals surface area contributed by atoms with Crippen LogP contribution < -0.4 is 5.32 Å². The van der Waals surface area contributed by atoms with Gasteiger partial charge in [-0.2, -0.15) is 13.2 Å². The lowest BCUT2D eigenvalue weighted by Gasteiger charge is -2.11. The lowest BCUT2D eigenvalue weighted by Crippen LogP contribution is -2.21. The van der Waals surface area contributed by atoms with Crippen molar-refractivity contribution in [3.63, 3.8) is 0 Å². The Morgan fingerprint density at radius 3 is 2.45 bits per heavy atom. The highest BCUT2D eigenvalue weighted by molar-refractivity contribution is 6.31. The Morgan fingerprint density at radius 1 is 1.25 bits per heavy atom. The van der Waals surface area contributed by atoms with Gasteiger partial charge in [-0.15, -0.1) is 0 Å². The molecule has 1 aromatic rings. The van der Waals surface area contributed by atoms with Gasteiger partial charge in [0.15, 0.2) is 0 Å². The number of halogens is 4. The standard InChI is InChI=1S/C11H9ClF3NO4/c12-7-1-6(11(13,14)15)2-8(3-7)16-9(17)4-20-5-10(18)19/h1-3H,4-5H2,(H,16,17)(H,18,19). The molecule has 0 saturated heterocycles. The van der Waals surface area contributed by atoms with E-state index in [2.05, 4.69) is 10.1 Å². The fourth-order valence-corrected chi connectivity index (χ4v) is 1.49. The highest BCUT2D eigenvalue weighted by Crippen LogP contribution is 2.33. The predicted octanol–water partition coefficient (Wildman–Crippen LogP) is 2.40. The van der Waals surface area contributed by atoms with Crippen LogP contribution in [0.1, 0.15) is 5.56 Å². The number of nitrogens with one attached hydrogen (secondary N) is 1. The highest BCUT2D eigenvalue weighted by Gasteiger charge is 2.31. The van der Waals surface area contributed by atoms with Gasteiger partial charge in [0.05, 0.1) is 5.56 Å². The summed E-state index contributed by atoms with van der Waals surface area (Å²) in [5.74, 6) is -2.05. The van der Waals surface area contributed by atoms with Gasteiger partial charge in [0.1, 0.15) is 13.2 Å². The molecule has 0 saturated carbocycles. The molecule has 0 spiro atoms. The molecule has 1 aromatic carbocycles. The van der Waals surface area contributed by atoms with Crippen molar-refractivity contribution in [2.75, 3.05) is 18.5 Å². The average Bonchev–Trinajstić information content (AvgIpc) is 2.26. The van der Waals surface area contributed by atoms with E-state index in [-0.39, 0.29) is 10.7 Å². The summed E-state index contributed by atoms with van der Waals surface area (Å²) in [6.45, 7) is -1.28. The van der Waals surface area contributed by atoms with Crippen molar-refractivity contribution in [1.82, 2.24) is 0 Å². The molecule has 2 N–H and O–H groups in total. The number of ether oxygens (including phenoxy) is 1.